The number of nitrogens with one attached hydrogen (secondary N) is 1. The highest BCUT2D eigenvalue weighted by molar-refractivity contribution is 6.03. The molecule has 0 aromatic heterocycles. The van der Waals surface area contributed by atoms with Crippen LogP contribution in [-0.2, 0) is 16.0 Å². The molecule has 2 aromatic carbocycles. The van der Waals surface area contributed by atoms with Crippen molar-refractivity contribution in [2.75, 3.05) is 31.0 Å². The Hall–Kier alpha value is -3.02. The topological polar surface area (TPSA) is 67.9 Å². The van der Waals surface area contributed by atoms with Crippen molar-refractivity contribution in [3.63, 3.8) is 0 Å². The van der Waals surface area contributed by atoms with Crippen LogP contribution in [0.3, 0.4) is 0 Å². The number of anilines is 2. The molecular weight excluding hydrogens is 344 g/mol. The molecule has 0 spiro atoms. The smallest absolute Gasteiger partial charge is 0.244 e. The van der Waals surface area contributed by atoms with Gasteiger partial charge in [-0.2, -0.15) is 0 Å². The molecule has 2 aromatic rings. The number of rotatable bonds is 7. The van der Waals surface area contributed by atoms with Crippen molar-refractivity contribution in [1.29, 1.82) is 0 Å². The lowest BCUT2D eigenvalue weighted by Gasteiger charge is -2.23. The Balaban J connectivity index is 2.27. The SMILES string of the molecule is CCc1cccc(C)c1NC(=O)CN(C(C)=O)c1ccc(OC)cc1OC. The van der Waals surface area contributed by atoms with Crippen LogP contribution in [0.5, 0.6) is 11.5 Å². The van der Waals surface area contributed by atoms with E-state index in [0.717, 1.165) is 23.2 Å². The minimum Gasteiger partial charge on any atom is -0.497 e. The molecule has 0 radical (unpaired) electrons. The number of hydrogen-bond acceptors (Lipinski definition) is 4. The number of aryl methyl sites for hydroxylation is 2. The normalized spacial score (nSPS) is 10.3. The third-order valence-corrected chi connectivity index (χ3v) is 4.36. The summed E-state index contributed by atoms with van der Waals surface area (Å²) in [7, 11) is 3.07. The molecule has 0 aliphatic carbocycles. The summed E-state index contributed by atoms with van der Waals surface area (Å²) in [5.41, 5.74) is 3.36. The van der Waals surface area contributed by atoms with Crippen LogP contribution in [0.4, 0.5) is 11.4 Å². The number of benzene rings is 2. The second-order valence-electron chi connectivity index (χ2n) is 6.15. The van der Waals surface area contributed by atoms with Gasteiger partial charge in [0.2, 0.25) is 11.8 Å². The van der Waals surface area contributed by atoms with E-state index in [-0.39, 0.29) is 18.4 Å². The Kier molecular flexibility index (Phi) is 6.82. The van der Waals surface area contributed by atoms with Gasteiger partial charge in [-0.15, -0.1) is 0 Å². The predicted octanol–water partition coefficient (Wildman–Crippen LogP) is 3.57. The number of amides is 2. The Morgan fingerprint density at radius 3 is 2.44 bits per heavy atom. The molecule has 6 nitrogen and oxygen atoms in total. The summed E-state index contributed by atoms with van der Waals surface area (Å²) in [6.45, 7) is 5.29. The third kappa shape index (κ3) is 4.78. The quantitative estimate of drug-likeness (QED) is 0.809. The van der Waals surface area contributed by atoms with E-state index in [2.05, 4.69) is 5.32 Å². The molecule has 6 heteroatoms. The molecule has 0 atom stereocenters. The molecule has 0 saturated heterocycles. The minimum atomic E-state index is -0.271. The van der Waals surface area contributed by atoms with Gasteiger partial charge in [0, 0.05) is 18.7 Å². The lowest BCUT2D eigenvalue weighted by atomic mass is 10.1. The third-order valence-electron chi connectivity index (χ3n) is 4.36. The van der Waals surface area contributed by atoms with Crippen molar-refractivity contribution >= 4 is 23.2 Å². The number of carbonyl (C=O) groups excluding carboxylic acids is 2. The van der Waals surface area contributed by atoms with Gasteiger partial charge < -0.3 is 14.8 Å². The van der Waals surface area contributed by atoms with Gasteiger partial charge in [-0.3, -0.25) is 14.5 Å². The van der Waals surface area contributed by atoms with Crippen molar-refractivity contribution in [2.24, 2.45) is 0 Å². The van der Waals surface area contributed by atoms with Gasteiger partial charge >= 0.3 is 0 Å². The zero-order valence-corrected chi connectivity index (χ0v) is 16.5. The van der Waals surface area contributed by atoms with Crippen LogP contribution in [0.25, 0.3) is 0 Å². The average molecular weight is 370 g/mol. The van der Waals surface area contributed by atoms with Gasteiger partial charge in [-0.1, -0.05) is 25.1 Å². The van der Waals surface area contributed by atoms with Crippen LogP contribution in [0.1, 0.15) is 25.0 Å². The molecule has 0 heterocycles. The second kappa shape index (κ2) is 9.07. The molecule has 0 unspecified atom stereocenters. The maximum Gasteiger partial charge on any atom is 0.244 e. The van der Waals surface area contributed by atoms with Crippen LogP contribution < -0.4 is 19.7 Å². The van der Waals surface area contributed by atoms with Crippen molar-refractivity contribution < 1.29 is 19.1 Å². The number of hydrogen-bond donors (Lipinski definition) is 1. The molecule has 1 N–H and O–H groups in total. The van der Waals surface area contributed by atoms with Crippen LogP contribution >= 0.6 is 0 Å². The standard InChI is InChI=1S/C21H26N2O4/c1-6-16-9-7-8-14(2)21(16)22-20(25)13-23(15(3)24)18-11-10-17(26-4)12-19(18)27-5/h7-12H,6,13H2,1-5H3,(H,22,25). The van der Waals surface area contributed by atoms with Gasteiger partial charge in [0.1, 0.15) is 18.0 Å². The summed E-state index contributed by atoms with van der Waals surface area (Å²) in [5.74, 6) is 0.541. The van der Waals surface area contributed by atoms with Crippen LogP contribution in [-0.4, -0.2) is 32.6 Å². The Morgan fingerprint density at radius 2 is 1.85 bits per heavy atom. The van der Waals surface area contributed by atoms with Gasteiger partial charge in [0.15, 0.2) is 0 Å². The fourth-order valence-corrected chi connectivity index (χ4v) is 2.90. The van der Waals surface area contributed by atoms with Crippen LogP contribution in [0.15, 0.2) is 36.4 Å². The van der Waals surface area contributed by atoms with E-state index >= 15 is 0 Å². The first-order chi connectivity index (χ1) is 12.9. The maximum atomic E-state index is 12.7. The molecule has 0 fully saturated rings. The summed E-state index contributed by atoms with van der Waals surface area (Å²) < 4.78 is 10.6. The first-order valence-corrected chi connectivity index (χ1v) is 8.79. The zero-order valence-electron chi connectivity index (χ0n) is 16.5. The highest BCUT2D eigenvalue weighted by Crippen LogP contribution is 2.32. The molecule has 144 valence electrons. The van der Waals surface area contributed by atoms with E-state index in [1.165, 1.54) is 18.9 Å². The number of para-hydroxylation sites is 1. The monoisotopic (exact) mass is 370 g/mol. The van der Waals surface area contributed by atoms with Crippen molar-refractivity contribution in [3.05, 3.63) is 47.5 Å². The van der Waals surface area contributed by atoms with Gasteiger partial charge in [0.25, 0.3) is 0 Å². The molecule has 0 bridgehead atoms. The summed E-state index contributed by atoms with van der Waals surface area (Å²) in [6, 6.07) is 11.0. The number of methoxy groups -OCH3 is 2. The summed E-state index contributed by atoms with van der Waals surface area (Å²) >= 11 is 0. The molecular formula is C21H26N2O4. The Bertz CT molecular complexity index is 833. The molecule has 2 rings (SSSR count). The van der Waals surface area contributed by atoms with Crippen molar-refractivity contribution in [3.8, 4) is 11.5 Å². The summed E-state index contributed by atoms with van der Waals surface area (Å²) in [6.07, 6.45) is 0.806. The molecule has 0 aliphatic heterocycles. The van der Waals surface area contributed by atoms with Crippen LogP contribution in [0.2, 0.25) is 0 Å². The lowest BCUT2D eigenvalue weighted by molar-refractivity contribution is -0.120. The molecule has 2 amide bonds. The number of carbonyl (C=O) groups is 2. The Morgan fingerprint density at radius 1 is 1.11 bits per heavy atom. The fourth-order valence-electron chi connectivity index (χ4n) is 2.90. The summed E-state index contributed by atoms with van der Waals surface area (Å²) in [4.78, 5) is 26.3. The fraction of sp³-hybridized carbons (Fsp3) is 0.333. The van der Waals surface area contributed by atoms with Gasteiger partial charge in [0.05, 0.1) is 19.9 Å². The first-order valence-electron chi connectivity index (χ1n) is 8.79. The van der Waals surface area contributed by atoms with Gasteiger partial charge in [-0.25, -0.2) is 0 Å². The number of nitrogens with zero attached hydrogens (tertiary/aromatic N) is 1. The molecule has 0 saturated carbocycles. The molecule has 0 aliphatic rings. The van der Waals surface area contributed by atoms with E-state index in [4.69, 9.17) is 9.47 Å². The van der Waals surface area contributed by atoms with E-state index < -0.39 is 0 Å². The first kappa shape index (κ1) is 20.3. The van der Waals surface area contributed by atoms with Crippen LogP contribution in [0, 0.1) is 6.92 Å². The largest absolute Gasteiger partial charge is 0.497 e. The van der Waals surface area contributed by atoms with Crippen molar-refractivity contribution in [1.82, 2.24) is 0 Å². The van der Waals surface area contributed by atoms with E-state index in [1.54, 1.807) is 25.3 Å². The highest BCUT2D eigenvalue weighted by atomic mass is 16.5. The van der Waals surface area contributed by atoms with Gasteiger partial charge in [-0.05, 0) is 36.6 Å². The molecule has 27 heavy (non-hydrogen) atoms. The lowest BCUT2D eigenvalue weighted by Crippen LogP contribution is -2.37. The Labute approximate surface area is 160 Å². The maximum absolute atomic E-state index is 12.7. The highest BCUT2D eigenvalue weighted by Gasteiger charge is 2.21. The minimum absolute atomic E-state index is 0.116. The van der Waals surface area contributed by atoms with E-state index in [9.17, 15) is 9.59 Å². The van der Waals surface area contributed by atoms with E-state index in [0.29, 0.717) is 17.2 Å². The second-order valence-corrected chi connectivity index (χ2v) is 6.15. The predicted molar refractivity (Wildman–Crippen MR) is 107 cm³/mol. The summed E-state index contributed by atoms with van der Waals surface area (Å²) in [5, 5.41) is 2.95. The van der Waals surface area contributed by atoms with Crippen molar-refractivity contribution in [2.45, 2.75) is 27.2 Å². The van der Waals surface area contributed by atoms with E-state index in [1.807, 2.05) is 32.0 Å². The average Bonchev–Trinajstić information content (AvgIpc) is 2.67. The number of ether oxygens (including phenoxy) is 2. The zero-order chi connectivity index (χ0) is 20.0.